The van der Waals surface area contributed by atoms with Gasteiger partial charge < -0.3 is 10.7 Å². The molecule has 3 aromatic rings. The molecule has 0 radical (unpaired) electrons. The summed E-state index contributed by atoms with van der Waals surface area (Å²) in [5.41, 5.74) is 9.25. The normalized spacial score (nSPS) is 17.1. The molecule has 2 aromatic carbocycles. The molecule has 4 rings (SSSR count). The Balaban J connectivity index is 1.95. The maximum absolute atomic E-state index is 14.2. The van der Waals surface area contributed by atoms with Crippen LogP contribution in [-0.2, 0) is 0 Å². The molecular weight excluding hydrogens is 313 g/mol. The fourth-order valence-corrected chi connectivity index (χ4v) is 3.42. The van der Waals surface area contributed by atoms with Gasteiger partial charge in [-0.05, 0) is 66.4 Å². The second-order valence-corrected chi connectivity index (χ2v) is 6.16. The van der Waals surface area contributed by atoms with Crippen LogP contribution in [0.4, 0.5) is 13.2 Å². The Bertz CT molecular complexity index is 947. The van der Waals surface area contributed by atoms with Gasteiger partial charge in [0.1, 0.15) is 17.5 Å². The number of rotatable bonds is 2. The summed E-state index contributed by atoms with van der Waals surface area (Å²) in [4.78, 5) is 3.06. The molecule has 0 amide bonds. The predicted octanol–water partition coefficient (Wildman–Crippen LogP) is 4.97. The van der Waals surface area contributed by atoms with E-state index in [9.17, 15) is 13.2 Å². The Labute approximate surface area is 136 Å². The number of hydrogen-bond donors (Lipinski definition) is 2. The molecule has 1 heterocycles. The number of fused-ring (bicyclic) bond motifs is 1. The largest absolute Gasteiger partial charge is 0.405 e. The molecule has 1 aromatic heterocycles. The van der Waals surface area contributed by atoms with Gasteiger partial charge in [0.2, 0.25) is 0 Å². The van der Waals surface area contributed by atoms with Crippen LogP contribution in [0.25, 0.3) is 22.2 Å². The molecule has 2 nitrogen and oxygen atoms in total. The van der Waals surface area contributed by atoms with Crippen molar-refractivity contribution in [1.82, 2.24) is 4.98 Å². The first-order valence-corrected chi connectivity index (χ1v) is 7.73. The van der Waals surface area contributed by atoms with E-state index in [2.05, 4.69) is 4.98 Å². The van der Waals surface area contributed by atoms with Gasteiger partial charge in [-0.25, -0.2) is 13.2 Å². The van der Waals surface area contributed by atoms with Gasteiger partial charge in [-0.15, -0.1) is 0 Å². The molecule has 1 fully saturated rings. The number of nitrogens with one attached hydrogen (secondary N) is 1. The topological polar surface area (TPSA) is 41.8 Å². The maximum Gasteiger partial charge on any atom is 0.150 e. The fraction of sp³-hybridized carbons (Fsp3) is 0.158. The smallest absolute Gasteiger partial charge is 0.150 e. The summed E-state index contributed by atoms with van der Waals surface area (Å²) in [6.45, 7) is 0. The van der Waals surface area contributed by atoms with E-state index in [0.29, 0.717) is 11.1 Å². The molecule has 1 saturated carbocycles. The highest BCUT2D eigenvalue weighted by Gasteiger charge is 2.30. The molecule has 1 aliphatic rings. The lowest BCUT2D eigenvalue weighted by Crippen LogP contribution is -2.14. The van der Waals surface area contributed by atoms with Gasteiger partial charge in [0, 0.05) is 11.5 Å². The average molecular weight is 328 g/mol. The van der Waals surface area contributed by atoms with Crippen molar-refractivity contribution in [2.75, 3.05) is 0 Å². The zero-order chi connectivity index (χ0) is 16.8. The Morgan fingerprint density at radius 3 is 2.38 bits per heavy atom. The van der Waals surface area contributed by atoms with Crippen LogP contribution >= 0.6 is 0 Å². The first kappa shape index (κ1) is 14.9. The van der Waals surface area contributed by atoms with Gasteiger partial charge in [-0.3, -0.25) is 0 Å². The quantitative estimate of drug-likeness (QED) is 0.685. The van der Waals surface area contributed by atoms with Crippen LogP contribution in [0.1, 0.15) is 24.3 Å². The number of aromatic nitrogens is 1. The van der Waals surface area contributed by atoms with Crippen LogP contribution in [-0.4, -0.2) is 4.98 Å². The Hall–Kier alpha value is -2.69. The first-order chi connectivity index (χ1) is 11.6. The SMILES string of the molecule is NC=C1CC(c2c(-c3ccc(F)cc3)[nH]c3c(F)cc(F)cc23)C1. The second kappa shape index (κ2) is 5.44. The van der Waals surface area contributed by atoms with Crippen molar-refractivity contribution in [3.63, 3.8) is 0 Å². The Morgan fingerprint density at radius 1 is 1.00 bits per heavy atom. The van der Waals surface area contributed by atoms with Crippen molar-refractivity contribution in [2.24, 2.45) is 5.73 Å². The van der Waals surface area contributed by atoms with Crippen molar-refractivity contribution in [1.29, 1.82) is 0 Å². The van der Waals surface area contributed by atoms with Gasteiger partial charge in [-0.2, -0.15) is 0 Å². The third kappa shape index (κ3) is 2.28. The molecule has 5 heteroatoms. The van der Waals surface area contributed by atoms with Crippen LogP contribution in [0.5, 0.6) is 0 Å². The lowest BCUT2D eigenvalue weighted by atomic mass is 9.74. The maximum atomic E-state index is 14.2. The minimum absolute atomic E-state index is 0.134. The first-order valence-electron chi connectivity index (χ1n) is 7.73. The number of benzene rings is 2. The monoisotopic (exact) mass is 328 g/mol. The lowest BCUT2D eigenvalue weighted by Gasteiger charge is -2.30. The van der Waals surface area contributed by atoms with E-state index >= 15 is 0 Å². The predicted molar refractivity (Wildman–Crippen MR) is 87.9 cm³/mol. The molecule has 0 spiro atoms. The molecule has 0 saturated heterocycles. The van der Waals surface area contributed by atoms with E-state index < -0.39 is 11.6 Å². The highest BCUT2D eigenvalue weighted by molar-refractivity contribution is 5.92. The van der Waals surface area contributed by atoms with Crippen LogP contribution in [0.2, 0.25) is 0 Å². The van der Waals surface area contributed by atoms with E-state index in [1.54, 1.807) is 18.3 Å². The third-order valence-corrected chi connectivity index (χ3v) is 4.66. The summed E-state index contributed by atoms with van der Waals surface area (Å²) in [5, 5.41) is 0.535. The summed E-state index contributed by atoms with van der Waals surface area (Å²) in [7, 11) is 0. The third-order valence-electron chi connectivity index (χ3n) is 4.66. The van der Waals surface area contributed by atoms with E-state index in [1.165, 1.54) is 18.2 Å². The van der Waals surface area contributed by atoms with Crippen molar-refractivity contribution in [3.8, 4) is 11.3 Å². The van der Waals surface area contributed by atoms with Crippen molar-refractivity contribution in [3.05, 3.63) is 71.2 Å². The standard InChI is InChI=1S/C19H15F3N2/c20-13-3-1-11(2-4-13)18-17(12-5-10(6-12)9-23)15-7-14(21)8-16(22)19(15)24-18/h1-4,7-9,12,24H,5-6,23H2. The van der Waals surface area contributed by atoms with Crippen LogP contribution in [0.15, 0.2) is 48.2 Å². The van der Waals surface area contributed by atoms with E-state index in [1.807, 2.05) is 0 Å². The van der Waals surface area contributed by atoms with E-state index in [0.717, 1.165) is 35.6 Å². The van der Waals surface area contributed by atoms with Crippen molar-refractivity contribution >= 4 is 10.9 Å². The zero-order valence-corrected chi connectivity index (χ0v) is 12.7. The van der Waals surface area contributed by atoms with E-state index in [-0.39, 0.29) is 17.3 Å². The number of H-pyrrole nitrogens is 1. The highest BCUT2D eigenvalue weighted by Crippen LogP contribution is 2.47. The molecule has 0 atom stereocenters. The number of aromatic amines is 1. The number of nitrogens with two attached hydrogens (primary N) is 1. The number of allylic oxidation sites excluding steroid dienone is 1. The molecule has 122 valence electrons. The molecule has 0 bridgehead atoms. The lowest BCUT2D eigenvalue weighted by molar-refractivity contribution is 0.552. The fourth-order valence-electron chi connectivity index (χ4n) is 3.42. The summed E-state index contributed by atoms with van der Waals surface area (Å²) < 4.78 is 41.1. The van der Waals surface area contributed by atoms with Crippen LogP contribution in [0, 0.1) is 17.5 Å². The average Bonchev–Trinajstić information content (AvgIpc) is 2.87. The molecule has 3 N–H and O–H groups in total. The molecule has 1 aliphatic carbocycles. The minimum Gasteiger partial charge on any atom is -0.405 e. The van der Waals surface area contributed by atoms with Gasteiger partial charge in [0.25, 0.3) is 0 Å². The Kier molecular flexibility index (Phi) is 3.37. The summed E-state index contributed by atoms with van der Waals surface area (Å²) >= 11 is 0. The van der Waals surface area contributed by atoms with Crippen molar-refractivity contribution in [2.45, 2.75) is 18.8 Å². The number of hydrogen-bond acceptors (Lipinski definition) is 1. The van der Waals surface area contributed by atoms with E-state index in [4.69, 9.17) is 5.73 Å². The summed E-state index contributed by atoms with van der Waals surface area (Å²) in [5.74, 6) is -1.45. The molecule has 0 aliphatic heterocycles. The van der Waals surface area contributed by atoms with Crippen LogP contribution < -0.4 is 5.73 Å². The molecule has 0 unspecified atom stereocenters. The van der Waals surface area contributed by atoms with Gasteiger partial charge in [0.15, 0.2) is 0 Å². The summed E-state index contributed by atoms with van der Waals surface area (Å²) in [6, 6.07) is 8.19. The van der Waals surface area contributed by atoms with Gasteiger partial charge in [0.05, 0.1) is 11.2 Å². The van der Waals surface area contributed by atoms with Crippen molar-refractivity contribution < 1.29 is 13.2 Å². The van der Waals surface area contributed by atoms with Gasteiger partial charge >= 0.3 is 0 Å². The second-order valence-electron chi connectivity index (χ2n) is 6.16. The molecule has 24 heavy (non-hydrogen) atoms. The highest BCUT2D eigenvalue weighted by atomic mass is 19.1. The zero-order valence-electron chi connectivity index (χ0n) is 12.7. The number of halogens is 3. The van der Waals surface area contributed by atoms with Gasteiger partial charge in [-0.1, -0.05) is 5.57 Å². The molecular formula is C19H15F3N2. The Morgan fingerprint density at radius 2 is 1.71 bits per heavy atom. The van der Waals surface area contributed by atoms with Crippen LogP contribution in [0.3, 0.4) is 0 Å². The summed E-state index contributed by atoms with van der Waals surface area (Å²) in [6.07, 6.45) is 3.11. The minimum atomic E-state index is -0.631.